The second kappa shape index (κ2) is 5.75. The zero-order valence-electron chi connectivity index (χ0n) is 10.9. The van der Waals surface area contributed by atoms with E-state index in [4.69, 9.17) is 11.6 Å². The highest BCUT2D eigenvalue weighted by Crippen LogP contribution is 2.32. The van der Waals surface area contributed by atoms with Crippen molar-refractivity contribution in [1.29, 1.82) is 0 Å². The number of halogens is 2. The van der Waals surface area contributed by atoms with Crippen LogP contribution in [0.4, 0.5) is 10.1 Å². The standard InChI is InChI=1S/C13H14ClFN2O3/c1-16(7-8-4-9(14)5-8)13(18)11-3-2-10(17(19)20)6-12(11)15/h2-3,6,8-9H,4-5,7H2,1H3. The van der Waals surface area contributed by atoms with E-state index >= 15 is 0 Å². The molecule has 1 aromatic carbocycles. The smallest absolute Gasteiger partial charge is 0.272 e. The number of amides is 1. The van der Waals surface area contributed by atoms with Crippen LogP contribution in [-0.2, 0) is 0 Å². The third-order valence-electron chi connectivity index (χ3n) is 3.45. The van der Waals surface area contributed by atoms with Crippen LogP contribution in [0, 0.1) is 21.8 Å². The normalized spacial score (nSPS) is 21.1. The van der Waals surface area contributed by atoms with Crippen LogP contribution in [0.3, 0.4) is 0 Å². The van der Waals surface area contributed by atoms with Gasteiger partial charge in [0, 0.05) is 25.0 Å². The highest BCUT2D eigenvalue weighted by Gasteiger charge is 2.30. The summed E-state index contributed by atoms with van der Waals surface area (Å²) >= 11 is 5.87. The second-order valence-corrected chi connectivity index (χ2v) is 5.66. The average Bonchev–Trinajstić information content (AvgIpc) is 2.35. The number of carbonyl (C=O) groups excluding carboxylic acids is 1. The Bertz CT molecular complexity index is 546. The molecule has 1 aliphatic rings. The Morgan fingerprint density at radius 2 is 2.20 bits per heavy atom. The van der Waals surface area contributed by atoms with E-state index in [9.17, 15) is 19.3 Å². The molecule has 20 heavy (non-hydrogen) atoms. The highest BCUT2D eigenvalue weighted by molar-refractivity contribution is 6.21. The van der Waals surface area contributed by atoms with Crippen molar-refractivity contribution in [3.8, 4) is 0 Å². The first-order valence-corrected chi connectivity index (χ1v) is 6.65. The van der Waals surface area contributed by atoms with Crippen LogP contribution in [-0.4, -0.2) is 34.7 Å². The second-order valence-electron chi connectivity index (χ2n) is 5.04. The monoisotopic (exact) mass is 300 g/mol. The first-order chi connectivity index (χ1) is 9.38. The fraction of sp³-hybridized carbons (Fsp3) is 0.462. The maximum absolute atomic E-state index is 13.7. The number of non-ortho nitro benzene ring substituents is 1. The number of rotatable bonds is 4. The van der Waals surface area contributed by atoms with Crippen LogP contribution >= 0.6 is 11.6 Å². The van der Waals surface area contributed by atoms with Crippen LogP contribution < -0.4 is 0 Å². The Hall–Kier alpha value is -1.69. The van der Waals surface area contributed by atoms with Gasteiger partial charge in [0.25, 0.3) is 11.6 Å². The summed E-state index contributed by atoms with van der Waals surface area (Å²) in [6, 6.07) is 3.04. The Kier molecular flexibility index (Phi) is 4.23. The summed E-state index contributed by atoms with van der Waals surface area (Å²) in [5, 5.41) is 10.7. The SMILES string of the molecule is CN(CC1CC(Cl)C1)C(=O)c1ccc([N+](=O)[O-])cc1F. The van der Waals surface area contributed by atoms with Crippen LogP contribution in [0.5, 0.6) is 0 Å². The fourth-order valence-electron chi connectivity index (χ4n) is 2.27. The number of nitro groups is 1. The molecule has 1 saturated carbocycles. The molecule has 0 atom stereocenters. The minimum atomic E-state index is -0.875. The minimum Gasteiger partial charge on any atom is -0.341 e. The number of nitro benzene ring substituents is 1. The molecule has 0 N–H and O–H groups in total. The summed E-state index contributed by atoms with van der Waals surface area (Å²) in [5.41, 5.74) is -0.523. The number of carbonyl (C=O) groups is 1. The molecule has 5 nitrogen and oxygen atoms in total. The summed E-state index contributed by atoms with van der Waals surface area (Å²) in [6.07, 6.45) is 1.70. The van der Waals surface area contributed by atoms with Gasteiger partial charge in [0.15, 0.2) is 0 Å². The molecule has 0 unspecified atom stereocenters. The highest BCUT2D eigenvalue weighted by atomic mass is 35.5. The molecule has 1 amide bonds. The van der Waals surface area contributed by atoms with Gasteiger partial charge in [0.05, 0.1) is 16.6 Å². The molecule has 0 radical (unpaired) electrons. The van der Waals surface area contributed by atoms with Gasteiger partial charge in [-0.1, -0.05) is 0 Å². The lowest BCUT2D eigenvalue weighted by molar-refractivity contribution is -0.385. The first kappa shape index (κ1) is 14.7. The Morgan fingerprint density at radius 1 is 1.55 bits per heavy atom. The predicted molar refractivity (Wildman–Crippen MR) is 72.4 cm³/mol. The number of hydrogen-bond donors (Lipinski definition) is 0. The third kappa shape index (κ3) is 3.07. The zero-order valence-corrected chi connectivity index (χ0v) is 11.6. The maximum atomic E-state index is 13.7. The molecule has 7 heteroatoms. The lowest BCUT2D eigenvalue weighted by Gasteiger charge is -2.34. The van der Waals surface area contributed by atoms with E-state index in [1.165, 1.54) is 4.90 Å². The van der Waals surface area contributed by atoms with E-state index in [-0.39, 0.29) is 16.6 Å². The number of alkyl halides is 1. The zero-order chi connectivity index (χ0) is 14.9. The van der Waals surface area contributed by atoms with Crippen molar-refractivity contribution in [2.75, 3.05) is 13.6 Å². The fourth-order valence-corrected chi connectivity index (χ4v) is 2.77. The number of hydrogen-bond acceptors (Lipinski definition) is 3. The van der Waals surface area contributed by atoms with Crippen LogP contribution in [0.2, 0.25) is 0 Å². The molecule has 1 aromatic rings. The van der Waals surface area contributed by atoms with E-state index < -0.39 is 16.6 Å². The molecule has 0 aromatic heterocycles. The molecular formula is C13H14ClFN2O3. The molecule has 2 rings (SSSR count). The van der Waals surface area contributed by atoms with Crippen LogP contribution in [0.1, 0.15) is 23.2 Å². The van der Waals surface area contributed by atoms with Gasteiger partial charge in [-0.15, -0.1) is 11.6 Å². The molecule has 0 spiro atoms. The molecule has 0 aliphatic heterocycles. The lowest BCUT2D eigenvalue weighted by Crippen LogP contribution is -2.38. The number of benzene rings is 1. The van der Waals surface area contributed by atoms with Crippen molar-refractivity contribution in [3.05, 3.63) is 39.7 Å². The average molecular weight is 301 g/mol. The summed E-state index contributed by atoms with van der Waals surface area (Å²) in [5.74, 6) is -1.01. The van der Waals surface area contributed by atoms with E-state index in [1.807, 2.05) is 0 Å². The Morgan fingerprint density at radius 3 is 2.70 bits per heavy atom. The molecular weight excluding hydrogens is 287 g/mol. The predicted octanol–water partition coefficient (Wildman–Crippen LogP) is 2.82. The van der Waals surface area contributed by atoms with E-state index in [2.05, 4.69) is 0 Å². The van der Waals surface area contributed by atoms with E-state index in [0.29, 0.717) is 12.5 Å². The van der Waals surface area contributed by atoms with Crippen LogP contribution in [0.15, 0.2) is 18.2 Å². The van der Waals surface area contributed by atoms with Crippen LogP contribution in [0.25, 0.3) is 0 Å². The van der Waals surface area contributed by atoms with E-state index in [0.717, 1.165) is 31.0 Å². The molecule has 1 aliphatic carbocycles. The summed E-state index contributed by atoms with van der Waals surface area (Å²) in [4.78, 5) is 23.3. The van der Waals surface area contributed by atoms with Crippen molar-refractivity contribution in [1.82, 2.24) is 4.90 Å². The molecule has 108 valence electrons. The van der Waals surface area contributed by atoms with Gasteiger partial charge in [0.1, 0.15) is 5.82 Å². The Balaban J connectivity index is 2.06. The molecule has 0 saturated heterocycles. The van der Waals surface area contributed by atoms with Crippen molar-refractivity contribution >= 4 is 23.2 Å². The molecule has 0 heterocycles. The van der Waals surface area contributed by atoms with Gasteiger partial charge < -0.3 is 4.90 Å². The summed E-state index contributed by atoms with van der Waals surface area (Å²) in [7, 11) is 1.59. The van der Waals surface area contributed by atoms with Gasteiger partial charge in [0.2, 0.25) is 0 Å². The topological polar surface area (TPSA) is 63.5 Å². The maximum Gasteiger partial charge on any atom is 0.272 e. The number of nitrogens with zero attached hydrogens (tertiary/aromatic N) is 2. The van der Waals surface area contributed by atoms with Crippen molar-refractivity contribution in [2.24, 2.45) is 5.92 Å². The van der Waals surface area contributed by atoms with Crippen molar-refractivity contribution < 1.29 is 14.1 Å². The largest absolute Gasteiger partial charge is 0.341 e. The third-order valence-corrected chi connectivity index (χ3v) is 3.81. The van der Waals surface area contributed by atoms with E-state index in [1.54, 1.807) is 7.05 Å². The summed E-state index contributed by atoms with van der Waals surface area (Å²) in [6.45, 7) is 0.512. The quantitative estimate of drug-likeness (QED) is 0.488. The van der Waals surface area contributed by atoms with Gasteiger partial charge >= 0.3 is 0 Å². The van der Waals surface area contributed by atoms with Gasteiger partial charge in [-0.05, 0) is 24.8 Å². The molecule has 0 bridgehead atoms. The lowest BCUT2D eigenvalue weighted by atomic mass is 9.84. The van der Waals surface area contributed by atoms with Gasteiger partial charge in [-0.2, -0.15) is 0 Å². The Labute approximate surface area is 120 Å². The van der Waals surface area contributed by atoms with Gasteiger partial charge in [-0.25, -0.2) is 4.39 Å². The first-order valence-electron chi connectivity index (χ1n) is 6.22. The van der Waals surface area contributed by atoms with Crippen molar-refractivity contribution in [2.45, 2.75) is 18.2 Å². The minimum absolute atomic E-state index is 0.153. The molecule has 1 fully saturated rings. The van der Waals surface area contributed by atoms with Crippen molar-refractivity contribution in [3.63, 3.8) is 0 Å². The van der Waals surface area contributed by atoms with Gasteiger partial charge in [-0.3, -0.25) is 14.9 Å². The summed E-state index contributed by atoms with van der Waals surface area (Å²) < 4.78 is 13.7.